The average Bonchev–Trinajstić information content (AvgIpc) is 3.77. The minimum Gasteiger partial charge on any atom is -0.0683 e. The average molecular weight is 1380 g/mol. The van der Waals surface area contributed by atoms with E-state index in [1.165, 1.54) is 25.7 Å². The van der Waals surface area contributed by atoms with Gasteiger partial charge in [0.05, 0.1) is 0 Å². The summed E-state index contributed by atoms with van der Waals surface area (Å²) in [6, 6.07) is 0. The van der Waals surface area contributed by atoms with Gasteiger partial charge in [0.25, 0.3) is 0 Å². The second-order valence-corrected chi connectivity index (χ2v) is 2.83. The number of hydrogen-bond acceptors (Lipinski definition) is 0. The minimum atomic E-state index is 1.25. The second kappa shape index (κ2) is 46100. The summed E-state index contributed by atoms with van der Waals surface area (Å²) in [4.78, 5) is 0. The van der Waals surface area contributed by atoms with Gasteiger partial charge in [-0.25, -0.2) is 0 Å². The van der Waals surface area contributed by atoms with Crippen molar-refractivity contribution in [2.45, 2.75) is 635 Å². The fourth-order valence-corrected chi connectivity index (χ4v) is 0. The lowest BCUT2D eigenvalue weighted by atomic mass is 10.6. The van der Waals surface area contributed by atoms with Crippen LogP contribution in [0.1, 0.15) is 635 Å². The Morgan fingerprint density at radius 1 is 0.0543 bits per heavy atom. The molecule has 0 atom stereocenters. The van der Waals surface area contributed by atoms with Crippen LogP contribution in [0.2, 0.25) is 0 Å². The fraction of sp³-hybridized carbons (Fsp3) is 1.00. The summed E-state index contributed by atoms with van der Waals surface area (Å²) in [6.07, 6.45) is 5.00. The molecule has 0 N–H and O–H groups in total. The van der Waals surface area contributed by atoms with Gasteiger partial charge in [0.2, 0.25) is 0 Å². The van der Waals surface area contributed by atoms with E-state index in [4.69, 9.17) is 0 Å². The fourth-order valence-electron chi connectivity index (χ4n) is 0. The van der Waals surface area contributed by atoms with Crippen LogP contribution in [0, 0.1) is 0 Å². The summed E-state index contributed by atoms with van der Waals surface area (Å²) < 4.78 is 0. The van der Waals surface area contributed by atoms with Gasteiger partial charge >= 0.3 is 0 Å². The first-order valence-electron chi connectivity index (χ1n) is 45.7. The van der Waals surface area contributed by atoms with Crippen molar-refractivity contribution in [1.82, 2.24) is 0 Å². The van der Waals surface area contributed by atoms with Gasteiger partial charge in [-0.05, 0) is 0 Å². The third-order valence-electron chi connectivity index (χ3n) is 0. The van der Waals surface area contributed by atoms with Gasteiger partial charge < -0.3 is 0 Å². The topological polar surface area (TPSA) is 0 Å². The van der Waals surface area contributed by atoms with Crippen LogP contribution in [0.4, 0.5) is 0 Å². The van der Waals surface area contributed by atoms with E-state index < -0.39 is 0 Å². The van der Waals surface area contributed by atoms with Crippen molar-refractivity contribution in [2.75, 3.05) is 0 Å². The Morgan fingerprint density at radius 2 is 0.0543 bits per heavy atom. The first-order chi connectivity index (χ1) is 45.7. The number of rotatable bonds is 0. The molecule has 640 valence electrons. The molecular formula is C92H272. The van der Waals surface area contributed by atoms with Crippen molar-refractivity contribution >= 4 is 0 Å². The van der Waals surface area contributed by atoms with E-state index in [1.807, 2.05) is 554 Å². The third-order valence-corrected chi connectivity index (χ3v) is 0. The highest BCUT2D eigenvalue weighted by atomic mass is 13.4. The molecule has 0 heteroatoms. The first kappa shape index (κ1) is 331. The zero-order chi connectivity index (χ0) is 90.8. The van der Waals surface area contributed by atoms with Gasteiger partial charge in [-0.3, -0.25) is 0 Å². The monoisotopic (exact) mass is 1380 g/mol. The highest BCUT2D eigenvalue weighted by Crippen LogP contribution is 1.57. The van der Waals surface area contributed by atoms with E-state index in [2.05, 4.69) is 55.4 Å². The third kappa shape index (κ3) is 0. The molecule has 0 saturated carbocycles. The summed E-state index contributed by atoms with van der Waals surface area (Å²) in [6.45, 7) is 177. The maximum absolute atomic E-state index is 2.12. The minimum absolute atomic E-state index is 1.25. The van der Waals surface area contributed by atoms with Crippen LogP contribution in [-0.4, -0.2) is 0 Å². The first-order valence-corrected chi connectivity index (χ1v) is 45.7. The van der Waals surface area contributed by atoms with E-state index in [0.717, 1.165) is 0 Å². The maximum Gasteiger partial charge on any atom is -0.0590 e. The maximum atomic E-state index is 2.12. The lowest BCUT2D eigenvalue weighted by Crippen LogP contribution is -1.27. The molecule has 0 aromatic carbocycles. The Hall–Kier alpha value is 0. The highest BCUT2D eigenvalue weighted by Gasteiger charge is 1.36. The molecule has 0 amide bonds. The van der Waals surface area contributed by atoms with E-state index in [1.54, 1.807) is 0 Å². The normalized spacial score (nSPS) is 3.39. The summed E-state index contributed by atoms with van der Waals surface area (Å²) in [5.41, 5.74) is 0. The molecule has 0 radical (unpaired) electrons. The molecule has 0 fully saturated rings. The molecule has 0 aliphatic rings. The van der Waals surface area contributed by atoms with Gasteiger partial charge in [-0.15, -0.1) is 0 Å². The quantitative estimate of drug-likeness (QED) is 0.227. The molecule has 0 rings (SSSR count). The largest absolute Gasteiger partial charge is 0.0683 e. The molecule has 0 spiro atoms. The smallest absolute Gasteiger partial charge is 0.0590 e. The van der Waals surface area contributed by atoms with Crippen molar-refractivity contribution in [1.29, 1.82) is 0 Å². The van der Waals surface area contributed by atoms with E-state index >= 15 is 0 Å². The molecule has 0 saturated heterocycles. The van der Waals surface area contributed by atoms with E-state index in [0.29, 0.717) is 0 Å². The van der Waals surface area contributed by atoms with Gasteiger partial charge in [0.1, 0.15) is 0 Å². The van der Waals surface area contributed by atoms with Gasteiger partial charge in [0, 0.05) is 0 Å². The van der Waals surface area contributed by atoms with Crippen LogP contribution in [-0.2, 0) is 0 Å². The molecule has 0 heterocycles. The van der Waals surface area contributed by atoms with Crippen LogP contribution in [0.25, 0.3) is 0 Å². The standard InChI is InChI=1S/4C3H8.40C2H6/c4*1-3-2;40*1-2/h4*3H2,1-2H3;40*1-2H3. The Labute approximate surface area is 631 Å². The molecule has 0 aromatic rings. The molecule has 0 aromatic heterocycles. The SMILES string of the molecule is CC.CC.CC.CC.CC.CC.CC.CC.CC.CC.CC.CC.CC.CC.CC.CC.CC.CC.CC.CC.CC.CC.CC.CC.CC.CC.CC.CC.CC.CC.CC.CC.CC.CC.CC.CC.CC.CC.CC.CC.CCC.CCC.CCC.CCC. The summed E-state index contributed by atoms with van der Waals surface area (Å²) in [5.74, 6) is 0. The molecule has 0 unspecified atom stereocenters. The lowest BCUT2D eigenvalue weighted by Gasteiger charge is -1.48. The van der Waals surface area contributed by atoms with Gasteiger partial charge in [-0.2, -0.15) is 0 Å². The Morgan fingerprint density at radius 3 is 0.0543 bits per heavy atom. The number of hydrogen-bond donors (Lipinski definition) is 0. The predicted molar refractivity (Wildman–Crippen MR) is 518 cm³/mol. The van der Waals surface area contributed by atoms with Crippen molar-refractivity contribution in [3.8, 4) is 0 Å². The summed E-state index contributed by atoms with van der Waals surface area (Å²) in [7, 11) is 0. The Bertz CT molecular complexity index is 8.00. The van der Waals surface area contributed by atoms with Crippen molar-refractivity contribution < 1.29 is 0 Å². The zero-order valence-corrected chi connectivity index (χ0v) is 90.8. The molecule has 0 aliphatic heterocycles. The zero-order valence-electron chi connectivity index (χ0n) is 90.8. The molecule has 0 nitrogen and oxygen atoms in total. The van der Waals surface area contributed by atoms with Gasteiger partial charge in [-0.1, -0.05) is 635 Å². The van der Waals surface area contributed by atoms with Crippen LogP contribution in [0.3, 0.4) is 0 Å². The van der Waals surface area contributed by atoms with E-state index in [-0.39, 0.29) is 0 Å². The lowest BCUT2D eigenvalue weighted by molar-refractivity contribution is 1.09. The van der Waals surface area contributed by atoms with Crippen molar-refractivity contribution in [2.24, 2.45) is 0 Å². The highest BCUT2D eigenvalue weighted by molar-refractivity contribution is 3.93. The van der Waals surface area contributed by atoms with E-state index in [9.17, 15) is 0 Å². The van der Waals surface area contributed by atoms with Crippen LogP contribution < -0.4 is 0 Å². The predicted octanol–water partition coefficient (Wildman–Crippen LogP) is 46.7. The molecule has 0 bridgehead atoms. The Kier molecular flexibility index (Phi) is 166000. The summed E-state index contributed by atoms with van der Waals surface area (Å²) in [5, 5.41) is 0. The molecule has 0 aliphatic carbocycles. The van der Waals surface area contributed by atoms with Crippen molar-refractivity contribution in [3.63, 3.8) is 0 Å². The van der Waals surface area contributed by atoms with Crippen LogP contribution >= 0.6 is 0 Å². The second-order valence-electron chi connectivity index (χ2n) is 2.83. The van der Waals surface area contributed by atoms with Crippen molar-refractivity contribution in [3.05, 3.63) is 0 Å². The van der Waals surface area contributed by atoms with Crippen LogP contribution in [0.5, 0.6) is 0 Å². The molecule has 92 heavy (non-hydrogen) atoms. The van der Waals surface area contributed by atoms with Gasteiger partial charge in [0.15, 0.2) is 0 Å². The Balaban J connectivity index is -0.00000000611. The molecular weight excluding hydrogens is 1110 g/mol. The summed E-state index contributed by atoms with van der Waals surface area (Å²) >= 11 is 0. The van der Waals surface area contributed by atoms with Crippen LogP contribution in [0.15, 0.2) is 0 Å².